The molecule has 2 aromatic heterocycles. The second kappa shape index (κ2) is 8.78. The molecule has 0 spiro atoms. The molecule has 0 saturated carbocycles. The summed E-state index contributed by atoms with van der Waals surface area (Å²) in [6.45, 7) is 1.70. The van der Waals surface area contributed by atoms with Gasteiger partial charge in [-0.25, -0.2) is 4.39 Å². The summed E-state index contributed by atoms with van der Waals surface area (Å²) in [6, 6.07) is 5.68. The summed E-state index contributed by atoms with van der Waals surface area (Å²) in [5.74, 6) is -0.566. The lowest BCUT2D eigenvalue weighted by atomic mass is 10.3. The van der Waals surface area contributed by atoms with Gasteiger partial charge in [-0.3, -0.25) is 4.79 Å². The number of nitrogens with zero attached hydrogens (tertiary/aromatic N) is 5. The summed E-state index contributed by atoms with van der Waals surface area (Å²) in [4.78, 5) is 11.5. The average Bonchev–Trinajstić information content (AvgIpc) is 3.27. The largest absolute Gasteiger partial charge is 0.489 e. The number of carbonyl (C=O) groups is 1. The SMILES string of the molecule is CC(CCOc1cc(-c2nnn(CC(=O)O)n2)on1)Oc1cc(F)ccc1Br. The van der Waals surface area contributed by atoms with Gasteiger partial charge in [0.1, 0.15) is 11.6 Å². The predicted octanol–water partition coefficient (Wildman–Crippen LogP) is 2.55. The van der Waals surface area contributed by atoms with Crippen LogP contribution >= 0.6 is 15.9 Å². The van der Waals surface area contributed by atoms with Gasteiger partial charge >= 0.3 is 5.97 Å². The number of tetrazole rings is 1. The van der Waals surface area contributed by atoms with Gasteiger partial charge in [-0.15, -0.1) is 10.2 Å². The number of hydrogen-bond acceptors (Lipinski definition) is 8. The van der Waals surface area contributed by atoms with Crippen molar-refractivity contribution in [1.82, 2.24) is 25.4 Å². The number of rotatable bonds is 9. The first-order chi connectivity index (χ1) is 13.4. The van der Waals surface area contributed by atoms with Crippen LogP contribution in [0.25, 0.3) is 11.6 Å². The molecule has 0 radical (unpaired) electrons. The average molecular weight is 456 g/mol. The minimum absolute atomic E-state index is 0.0938. The van der Waals surface area contributed by atoms with Crippen molar-refractivity contribution in [1.29, 1.82) is 0 Å². The number of hydrogen-bond donors (Lipinski definition) is 1. The van der Waals surface area contributed by atoms with E-state index in [0.29, 0.717) is 16.6 Å². The Morgan fingerprint density at radius 2 is 2.25 bits per heavy atom. The smallest absolute Gasteiger partial charge is 0.327 e. The zero-order chi connectivity index (χ0) is 20.1. The Hall–Kier alpha value is -3.02. The fourth-order valence-corrected chi connectivity index (χ4v) is 2.47. The van der Waals surface area contributed by atoms with Gasteiger partial charge in [-0.2, -0.15) is 4.80 Å². The Morgan fingerprint density at radius 1 is 1.43 bits per heavy atom. The highest BCUT2D eigenvalue weighted by Gasteiger charge is 2.15. The number of carboxylic acids is 1. The van der Waals surface area contributed by atoms with Gasteiger partial charge in [-0.05, 0) is 45.4 Å². The number of aliphatic carboxylic acids is 1. The summed E-state index contributed by atoms with van der Waals surface area (Å²) in [5.41, 5.74) is 0. The molecular formula is C16H15BrFN5O5. The molecule has 10 nitrogen and oxygen atoms in total. The van der Waals surface area contributed by atoms with E-state index in [0.717, 1.165) is 4.80 Å². The van der Waals surface area contributed by atoms with Gasteiger partial charge in [0.25, 0.3) is 5.88 Å². The van der Waals surface area contributed by atoms with Crippen molar-refractivity contribution in [3.05, 3.63) is 34.6 Å². The van der Waals surface area contributed by atoms with Gasteiger partial charge in [0.05, 0.1) is 23.2 Å². The van der Waals surface area contributed by atoms with Crippen LogP contribution in [0.5, 0.6) is 11.6 Å². The highest BCUT2D eigenvalue weighted by Crippen LogP contribution is 2.27. The molecule has 0 amide bonds. The summed E-state index contributed by atoms with van der Waals surface area (Å²) in [5, 5.41) is 23.6. The van der Waals surface area contributed by atoms with Gasteiger partial charge in [0.2, 0.25) is 11.6 Å². The standard InChI is InChI=1S/C16H15BrFN5O5/c1-9(27-12-6-10(18)2-3-11(12)17)4-5-26-14-7-13(28-21-14)16-19-22-23(20-16)8-15(24)25/h2-3,6-7,9H,4-5,8H2,1H3,(H,24,25). The van der Waals surface area contributed by atoms with Crippen LogP contribution < -0.4 is 9.47 Å². The number of aromatic nitrogens is 5. The minimum atomic E-state index is -1.09. The fourth-order valence-electron chi connectivity index (χ4n) is 2.13. The molecule has 0 aliphatic heterocycles. The van der Waals surface area contributed by atoms with Crippen LogP contribution in [0.2, 0.25) is 0 Å². The number of carboxylic acid groups (broad SMARTS) is 1. The summed E-state index contributed by atoms with van der Waals surface area (Å²) >= 11 is 3.31. The van der Waals surface area contributed by atoms with Crippen molar-refractivity contribution in [3.8, 4) is 23.2 Å². The molecule has 0 aliphatic rings. The van der Waals surface area contributed by atoms with Crippen molar-refractivity contribution in [3.63, 3.8) is 0 Å². The highest BCUT2D eigenvalue weighted by molar-refractivity contribution is 9.10. The molecule has 148 valence electrons. The van der Waals surface area contributed by atoms with Crippen LogP contribution in [-0.4, -0.2) is 49.2 Å². The topological polar surface area (TPSA) is 125 Å². The zero-order valence-corrected chi connectivity index (χ0v) is 16.2. The monoisotopic (exact) mass is 455 g/mol. The second-order valence-electron chi connectivity index (χ2n) is 5.71. The van der Waals surface area contributed by atoms with Crippen LogP contribution in [0.3, 0.4) is 0 Å². The molecule has 2 heterocycles. The third kappa shape index (κ3) is 5.25. The van der Waals surface area contributed by atoms with Gasteiger partial charge in [0, 0.05) is 12.5 Å². The van der Waals surface area contributed by atoms with Crippen LogP contribution in [-0.2, 0) is 11.3 Å². The molecule has 1 unspecified atom stereocenters. The third-order valence-corrected chi connectivity index (χ3v) is 4.09. The van der Waals surface area contributed by atoms with E-state index in [1.807, 2.05) is 6.92 Å². The first kappa shape index (κ1) is 19.7. The highest BCUT2D eigenvalue weighted by atomic mass is 79.9. The lowest BCUT2D eigenvalue weighted by Gasteiger charge is -2.15. The summed E-state index contributed by atoms with van der Waals surface area (Å²) in [6.07, 6.45) is 0.278. The lowest BCUT2D eigenvalue weighted by molar-refractivity contribution is -0.138. The summed E-state index contributed by atoms with van der Waals surface area (Å²) < 4.78 is 30.2. The summed E-state index contributed by atoms with van der Waals surface area (Å²) in [7, 11) is 0. The van der Waals surface area contributed by atoms with Crippen molar-refractivity contribution in [2.75, 3.05) is 6.61 Å². The Balaban J connectivity index is 1.49. The van der Waals surface area contributed by atoms with Gasteiger partial charge < -0.3 is 19.1 Å². The van der Waals surface area contributed by atoms with E-state index in [1.54, 1.807) is 6.07 Å². The van der Waals surface area contributed by atoms with Crippen molar-refractivity contribution in [2.45, 2.75) is 26.0 Å². The maximum Gasteiger partial charge on any atom is 0.327 e. The van der Waals surface area contributed by atoms with Crippen molar-refractivity contribution < 1.29 is 28.3 Å². The molecular weight excluding hydrogens is 441 g/mol. The number of benzene rings is 1. The molecule has 1 atom stereocenters. The van der Waals surface area contributed by atoms with Crippen LogP contribution in [0, 0.1) is 5.82 Å². The maximum absolute atomic E-state index is 13.3. The van der Waals surface area contributed by atoms with Crippen LogP contribution in [0.1, 0.15) is 13.3 Å². The van der Waals surface area contributed by atoms with E-state index in [4.69, 9.17) is 19.1 Å². The number of halogens is 2. The molecule has 28 heavy (non-hydrogen) atoms. The van der Waals surface area contributed by atoms with Crippen LogP contribution in [0.15, 0.2) is 33.3 Å². The molecule has 12 heteroatoms. The first-order valence-corrected chi connectivity index (χ1v) is 8.91. The third-order valence-electron chi connectivity index (χ3n) is 3.43. The van der Waals surface area contributed by atoms with E-state index in [1.165, 1.54) is 18.2 Å². The van der Waals surface area contributed by atoms with Gasteiger partial charge in [0.15, 0.2) is 6.54 Å². The Morgan fingerprint density at radius 3 is 3.04 bits per heavy atom. The molecule has 1 aromatic carbocycles. The quantitative estimate of drug-likeness (QED) is 0.517. The predicted molar refractivity (Wildman–Crippen MR) is 95.3 cm³/mol. The minimum Gasteiger partial charge on any atom is -0.489 e. The molecule has 3 rings (SSSR count). The Bertz CT molecular complexity index is 963. The van der Waals surface area contributed by atoms with Gasteiger partial charge in [-0.1, -0.05) is 0 Å². The van der Waals surface area contributed by atoms with E-state index < -0.39 is 12.5 Å². The Kier molecular flexibility index (Phi) is 6.19. The van der Waals surface area contributed by atoms with E-state index >= 15 is 0 Å². The first-order valence-electron chi connectivity index (χ1n) is 8.12. The number of ether oxygens (including phenoxy) is 2. The molecule has 0 fully saturated rings. The lowest BCUT2D eigenvalue weighted by Crippen LogP contribution is -2.16. The molecule has 0 bridgehead atoms. The molecule has 1 N–H and O–H groups in total. The zero-order valence-electron chi connectivity index (χ0n) is 14.6. The van der Waals surface area contributed by atoms with E-state index in [-0.39, 0.29) is 36.0 Å². The van der Waals surface area contributed by atoms with E-state index in [9.17, 15) is 9.18 Å². The Labute approximate surface area is 166 Å². The molecule has 0 aliphatic carbocycles. The second-order valence-corrected chi connectivity index (χ2v) is 6.56. The van der Waals surface area contributed by atoms with E-state index in [2.05, 4.69) is 36.5 Å². The molecule has 3 aromatic rings. The maximum atomic E-state index is 13.3. The van der Waals surface area contributed by atoms with Crippen LogP contribution in [0.4, 0.5) is 4.39 Å². The molecule has 0 saturated heterocycles. The normalized spacial score (nSPS) is 12.0. The van der Waals surface area contributed by atoms with Crippen molar-refractivity contribution >= 4 is 21.9 Å². The fraction of sp³-hybridized carbons (Fsp3) is 0.312. The van der Waals surface area contributed by atoms with Crippen molar-refractivity contribution in [2.24, 2.45) is 0 Å².